The summed E-state index contributed by atoms with van der Waals surface area (Å²) in [7, 11) is -1.94. The van der Waals surface area contributed by atoms with Crippen molar-refractivity contribution in [3.8, 4) is 0 Å². The van der Waals surface area contributed by atoms with Crippen LogP contribution in [0, 0.1) is 11.8 Å². The number of aliphatic hydroxyl groups is 2. The second-order valence-corrected chi connectivity index (χ2v) is 14.2. The second kappa shape index (κ2) is 10.5. The summed E-state index contributed by atoms with van der Waals surface area (Å²) in [6.07, 6.45) is 2.21. The Bertz CT molecular complexity index is 390. The highest BCUT2D eigenvalue weighted by atomic mass is 28.4. The fraction of sp³-hybridized carbons (Fsp3) is 1.00. The van der Waals surface area contributed by atoms with Gasteiger partial charge >= 0.3 is 0 Å². The highest BCUT2D eigenvalue weighted by molar-refractivity contribution is 6.74. The van der Waals surface area contributed by atoms with Crippen molar-refractivity contribution in [1.29, 1.82) is 0 Å². The predicted molar refractivity (Wildman–Crippen MR) is 108 cm³/mol. The van der Waals surface area contributed by atoms with Gasteiger partial charge in [-0.1, -0.05) is 34.6 Å². The first-order chi connectivity index (χ1) is 12.0. The Hall–Kier alpha value is 0.0169. The van der Waals surface area contributed by atoms with Gasteiger partial charge in [-0.25, -0.2) is 0 Å². The highest BCUT2D eigenvalue weighted by Gasteiger charge is 2.42. The van der Waals surface area contributed by atoms with Crippen LogP contribution in [0.5, 0.6) is 0 Å². The number of ether oxygens (including phenoxy) is 2. The van der Waals surface area contributed by atoms with E-state index in [0.717, 1.165) is 26.1 Å². The molecule has 4 atom stereocenters. The van der Waals surface area contributed by atoms with Crippen LogP contribution in [0.3, 0.4) is 0 Å². The molecule has 6 heteroatoms. The SMILES string of the molecule is C[C@H](C[C@@H](O)CCO)[C@H](O[Si](C)(C)C(C)(C)C)[C@@H](C)CC1OCCCO1. The zero-order valence-electron chi connectivity index (χ0n) is 18.0. The minimum atomic E-state index is -1.94. The highest BCUT2D eigenvalue weighted by Crippen LogP contribution is 2.40. The molecule has 0 radical (unpaired) electrons. The smallest absolute Gasteiger partial charge is 0.192 e. The van der Waals surface area contributed by atoms with E-state index in [1.807, 2.05) is 0 Å². The summed E-state index contributed by atoms with van der Waals surface area (Å²) in [5.41, 5.74) is 0. The Balaban J connectivity index is 2.84. The molecule has 26 heavy (non-hydrogen) atoms. The lowest BCUT2D eigenvalue weighted by Gasteiger charge is -2.43. The molecule has 0 saturated carbocycles. The second-order valence-electron chi connectivity index (χ2n) is 9.46. The van der Waals surface area contributed by atoms with Gasteiger partial charge in [0.05, 0.1) is 25.4 Å². The summed E-state index contributed by atoms with van der Waals surface area (Å²) in [6, 6.07) is 0. The van der Waals surface area contributed by atoms with Crippen LogP contribution in [-0.4, -0.2) is 56.8 Å². The normalized spacial score (nSPS) is 22.0. The summed E-state index contributed by atoms with van der Waals surface area (Å²) in [5.74, 6) is 0.466. The Labute approximate surface area is 161 Å². The monoisotopic (exact) mass is 390 g/mol. The van der Waals surface area contributed by atoms with E-state index in [-0.39, 0.29) is 35.9 Å². The topological polar surface area (TPSA) is 68.2 Å². The molecule has 2 N–H and O–H groups in total. The average molecular weight is 391 g/mol. The lowest BCUT2D eigenvalue weighted by Crippen LogP contribution is -2.48. The van der Waals surface area contributed by atoms with Gasteiger partial charge in [-0.3, -0.25) is 0 Å². The third-order valence-corrected chi connectivity index (χ3v) is 10.4. The van der Waals surface area contributed by atoms with E-state index >= 15 is 0 Å². The van der Waals surface area contributed by atoms with Crippen LogP contribution >= 0.6 is 0 Å². The molecule has 1 aliphatic rings. The number of hydrogen-bond donors (Lipinski definition) is 2. The van der Waals surface area contributed by atoms with E-state index < -0.39 is 14.4 Å². The van der Waals surface area contributed by atoms with Crippen LogP contribution in [0.1, 0.15) is 60.3 Å². The van der Waals surface area contributed by atoms with Crippen molar-refractivity contribution in [1.82, 2.24) is 0 Å². The average Bonchev–Trinajstić information content (AvgIpc) is 2.52. The van der Waals surface area contributed by atoms with E-state index in [0.29, 0.717) is 12.8 Å². The molecule has 0 unspecified atom stereocenters. The summed E-state index contributed by atoms with van der Waals surface area (Å²) in [4.78, 5) is 0. The van der Waals surface area contributed by atoms with Crippen LogP contribution in [0.4, 0.5) is 0 Å². The van der Waals surface area contributed by atoms with Gasteiger partial charge in [0.15, 0.2) is 14.6 Å². The van der Waals surface area contributed by atoms with Gasteiger partial charge in [-0.2, -0.15) is 0 Å². The molecule has 1 heterocycles. The Morgan fingerprint density at radius 3 is 2.19 bits per heavy atom. The minimum Gasteiger partial charge on any atom is -0.413 e. The zero-order chi connectivity index (χ0) is 20.0. The van der Waals surface area contributed by atoms with Crippen molar-refractivity contribution in [2.75, 3.05) is 19.8 Å². The van der Waals surface area contributed by atoms with E-state index in [9.17, 15) is 5.11 Å². The zero-order valence-corrected chi connectivity index (χ0v) is 19.0. The molecule has 0 bridgehead atoms. The van der Waals surface area contributed by atoms with Crippen LogP contribution in [-0.2, 0) is 13.9 Å². The predicted octanol–water partition coefficient (Wildman–Crippen LogP) is 3.94. The molecule has 1 aliphatic heterocycles. The van der Waals surface area contributed by atoms with Crippen LogP contribution in [0.2, 0.25) is 18.1 Å². The molecule has 0 aliphatic carbocycles. The molecule has 0 amide bonds. The molecule has 156 valence electrons. The van der Waals surface area contributed by atoms with Gasteiger partial charge in [0, 0.05) is 13.0 Å². The Morgan fingerprint density at radius 2 is 1.69 bits per heavy atom. The molecule has 0 spiro atoms. The standard InChI is InChI=1S/C20H42O5Si/c1-15(13-17(22)9-10-21)19(25-26(6,7)20(3,4)5)16(2)14-18-23-11-8-12-24-18/h15-19,21-22H,8-14H2,1-7H3/t15-,16+,17+,19+/m1/s1. The van der Waals surface area contributed by atoms with Crippen molar-refractivity contribution >= 4 is 8.32 Å². The van der Waals surface area contributed by atoms with Crippen molar-refractivity contribution in [2.24, 2.45) is 11.8 Å². The van der Waals surface area contributed by atoms with E-state index in [4.69, 9.17) is 19.0 Å². The molecule has 0 aromatic heterocycles. The van der Waals surface area contributed by atoms with Gasteiger partial charge in [-0.05, 0) is 49.2 Å². The van der Waals surface area contributed by atoms with Crippen LogP contribution < -0.4 is 0 Å². The summed E-state index contributed by atoms with van der Waals surface area (Å²) in [5, 5.41) is 19.4. The number of hydrogen-bond acceptors (Lipinski definition) is 5. The van der Waals surface area contributed by atoms with E-state index in [1.54, 1.807) is 0 Å². The minimum absolute atomic E-state index is 0.0148. The van der Waals surface area contributed by atoms with E-state index in [2.05, 4.69) is 47.7 Å². The molecule has 5 nitrogen and oxygen atoms in total. The summed E-state index contributed by atoms with van der Waals surface area (Å²) < 4.78 is 18.3. The maximum Gasteiger partial charge on any atom is 0.192 e. The Morgan fingerprint density at radius 1 is 1.12 bits per heavy atom. The van der Waals surface area contributed by atoms with Gasteiger partial charge in [0.1, 0.15) is 0 Å². The third-order valence-electron chi connectivity index (χ3n) is 5.93. The molecule has 0 aromatic carbocycles. The third kappa shape index (κ3) is 7.56. The maximum atomic E-state index is 10.2. The fourth-order valence-corrected chi connectivity index (χ4v) is 4.75. The fourth-order valence-electron chi connectivity index (χ4n) is 3.25. The van der Waals surface area contributed by atoms with Crippen molar-refractivity contribution in [3.05, 3.63) is 0 Å². The molecular weight excluding hydrogens is 348 g/mol. The molecule has 0 aromatic rings. The number of rotatable bonds is 10. The molecule has 1 rings (SSSR count). The van der Waals surface area contributed by atoms with Crippen LogP contribution in [0.15, 0.2) is 0 Å². The lowest BCUT2D eigenvalue weighted by atomic mass is 9.87. The Kier molecular flexibility index (Phi) is 9.74. The van der Waals surface area contributed by atoms with Gasteiger partial charge in [0.2, 0.25) is 0 Å². The van der Waals surface area contributed by atoms with E-state index in [1.165, 1.54) is 0 Å². The summed E-state index contributed by atoms with van der Waals surface area (Å²) >= 11 is 0. The lowest BCUT2D eigenvalue weighted by molar-refractivity contribution is -0.190. The first-order valence-corrected chi connectivity index (χ1v) is 13.1. The van der Waals surface area contributed by atoms with Crippen molar-refractivity contribution in [3.63, 3.8) is 0 Å². The first-order valence-electron chi connectivity index (χ1n) is 10.2. The number of aliphatic hydroxyl groups excluding tert-OH is 2. The van der Waals surface area contributed by atoms with Gasteiger partial charge in [-0.15, -0.1) is 0 Å². The summed E-state index contributed by atoms with van der Waals surface area (Å²) in [6.45, 7) is 17.2. The molecular formula is C20H42O5Si. The molecule has 1 fully saturated rings. The van der Waals surface area contributed by atoms with Crippen molar-refractivity contribution in [2.45, 2.75) is 96.9 Å². The van der Waals surface area contributed by atoms with Gasteiger partial charge in [0.25, 0.3) is 0 Å². The largest absolute Gasteiger partial charge is 0.413 e. The van der Waals surface area contributed by atoms with Crippen molar-refractivity contribution < 1.29 is 24.1 Å². The molecule has 1 saturated heterocycles. The quantitative estimate of drug-likeness (QED) is 0.553. The first kappa shape index (κ1) is 24.1. The van der Waals surface area contributed by atoms with Crippen LogP contribution in [0.25, 0.3) is 0 Å². The maximum absolute atomic E-state index is 10.2. The van der Waals surface area contributed by atoms with Gasteiger partial charge < -0.3 is 24.1 Å².